The molecule has 0 radical (unpaired) electrons. The van der Waals surface area contributed by atoms with E-state index in [4.69, 9.17) is 15.2 Å². The molecule has 1 aromatic rings. The first-order valence-corrected chi connectivity index (χ1v) is 3.49. The van der Waals surface area contributed by atoms with E-state index in [1.165, 1.54) is 0 Å². The maximum Gasteiger partial charge on any atom is 0.254 e. The SMILES string of the molecule is COCCc1noc(CON)n1. The van der Waals surface area contributed by atoms with Crippen molar-refractivity contribution in [3.05, 3.63) is 11.7 Å². The molecule has 0 spiro atoms. The molecule has 0 saturated carbocycles. The van der Waals surface area contributed by atoms with Crippen molar-refractivity contribution >= 4 is 0 Å². The van der Waals surface area contributed by atoms with Gasteiger partial charge in [-0.15, -0.1) is 0 Å². The molecule has 0 aromatic carbocycles. The van der Waals surface area contributed by atoms with Gasteiger partial charge in [0.25, 0.3) is 5.89 Å². The molecule has 1 rings (SSSR count). The monoisotopic (exact) mass is 173 g/mol. The molecule has 0 amide bonds. The third-order valence-electron chi connectivity index (χ3n) is 1.25. The van der Waals surface area contributed by atoms with E-state index in [9.17, 15) is 0 Å². The van der Waals surface area contributed by atoms with Crippen LogP contribution in [0.4, 0.5) is 0 Å². The Balaban J connectivity index is 2.41. The van der Waals surface area contributed by atoms with E-state index >= 15 is 0 Å². The van der Waals surface area contributed by atoms with Gasteiger partial charge in [-0.1, -0.05) is 5.16 Å². The quantitative estimate of drug-likeness (QED) is 0.612. The zero-order valence-corrected chi connectivity index (χ0v) is 6.82. The van der Waals surface area contributed by atoms with Crippen LogP contribution in [0, 0.1) is 0 Å². The molecule has 1 heterocycles. The molecule has 0 atom stereocenters. The molecule has 68 valence electrons. The molecule has 12 heavy (non-hydrogen) atoms. The van der Waals surface area contributed by atoms with Gasteiger partial charge in [-0.2, -0.15) is 4.98 Å². The van der Waals surface area contributed by atoms with Crippen molar-refractivity contribution in [2.45, 2.75) is 13.0 Å². The van der Waals surface area contributed by atoms with E-state index in [0.29, 0.717) is 24.7 Å². The maximum absolute atomic E-state index is 4.84. The summed E-state index contributed by atoms with van der Waals surface area (Å²) < 4.78 is 9.62. The standard InChI is InChI=1S/C6H11N3O3/c1-10-3-2-5-8-6(4-11-7)12-9-5/h2-4,7H2,1H3. The Bertz CT molecular complexity index is 226. The minimum absolute atomic E-state index is 0.139. The van der Waals surface area contributed by atoms with Gasteiger partial charge in [0.05, 0.1) is 6.61 Å². The molecule has 1 aromatic heterocycles. The Labute approximate surface area is 69.6 Å². The second-order valence-electron chi connectivity index (χ2n) is 2.16. The van der Waals surface area contributed by atoms with E-state index in [2.05, 4.69) is 15.0 Å². The lowest BCUT2D eigenvalue weighted by atomic mass is 10.4. The van der Waals surface area contributed by atoms with Crippen LogP contribution in [0.1, 0.15) is 11.7 Å². The molecule has 6 nitrogen and oxygen atoms in total. The van der Waals surface area contributed by atoms with Crippen molar-refractivity contribution in [2.75, 3.05) is 13.7 Å². The third-order valence-corrected chi connectivity index (χ3v) is 1.25. The van der Waals surface area contributed by atoms with Crippen LogP contribution in [0.15, 0.2) is 4.52 Å². The van der Waals surface area contributed by atoms with Crippen LogP contribution in [0.2, 0.25) is 0 Å². The number of ether oxygens (including phenoxy) is 1. The Morgan fingerprint density at radius 2 is 2.42 bits per heavy atom. The number of hydrogen-bond donors (Lipinski definition) is 1. The Kier molecular flexibility index (Phi) is 3.65. The summed E-state index contributed by atoms with van der Waals surface area (Å²) in [5, 5.41) is 3.67. The first-order chi connectivity index (χ1) is 5.86. The van der Waals surface area contributed by atoms with Crippen LogP contribution in [-0.2, 0) is 22.6 Å². The van der Waals surface area contributed by atoms with Crippen LogP contribution in [0.3, 0.4) is 0 Å². The summed E-state index contributed by atoms with van der Waals surface area (Å²) in [6.45, 7) is 0.711. The summed E-state index contributed by atoms with van der Waals surface area (Å²) in [7, 11) is 1.62. The number of aromatic nitrogens is 2. The predicted octanol–water partition coefficient (Wildman–Crippen LogP) is -0.351. The topological polar surface area (TPSA) is 83.4 Å². The summed E-state index contributed by atoms with van der Waals surface area (Å²) >= 11 is 0. The van der Waals surface area contributed by atoms with E-state index in [-0.39, 0.29) is 6.61 Å². The Morgan fingerprint density at radius 3 is 3.08 bits per heavy atom. The summed E-state index contributed by atoms with van der Waals surface area (Å²) in [6.07, 6.45) is 0.630. The molecule has 0 aliphatic heterocycles. The highest BCUT2D eigenvalue weighted by molar-refractivity contribution is 4.84. The van der Waals surface area contributed by atoms with Gasteiger partial charge in [0.2, 0.25) is 0 Å². The van der Waals surface area contributed by atoms with Crippen molar-refractivity contribution in [3.8, 4) is 0 Å². The van der Waals surface area contributed by atoms with Crippen molar-refractivity contribution in [3.63, 3.8) is 0 Å². The molecule has 0 unspecified atom stereocenters. The van der Waals surface area contributed by atoms with E-state index in [1.54, 1.807) is 7.11 Å². The number of rotatable bonds is 5. The van der Waals surface area contributed by atoms with Gasteiger partial charge in [0, 0.05) is 13.5 Å². The Hall–Kier alpha value is -0.980. The van der Waals surface area contributed by atoms with Crippen molar-refractivity contribution in [2.24, 2.45) is 5.90 Å². The van der Waals surface area contributed by atoms with Gasteiger partial charge >= 0.3 is 0 Å². The van der Waals surface area contributed by atoms with Gasteiger partial charge < -0.3 is 9.26 Å². The fourth-order valence-electron chi connectivity index (χ4n) is 0.715. The van der Waals surface area contributed by atoms with Crippen molar-refractivity contribution in [1.82, 2.24) is 10.1 Å². The molecule has 6 heteroatoms. The molecule has 0 aliphatic carbocycles. The summed E-state index contributed by atoms with van der Waals surface area (Å²) in [5.41, 5.74) is 0. The molecule has 0 saturated heterocycles. The van der Waals surface area contributed by atoms with Crippen LogP contribution in [-0.4, -0.2) is 23.9 Å². The molecular formula is C6H11N3O3. The highest BCUT2D eigenvalue weighted by atomic mass is 16.6. The molecule has 0 fully saturated rings. The summed E-state index contributed by atoms with van der Waals surface area (Å²) in [4.78, 5) is 8.29. The van der Waals surface area contributed by atoms with Crippen LogP contribution in [0.5, 0.6) is 0 Å². The van der Waals surface area contributed by atoms with Gasteiger partial charge in [-0.3, -0.25) is 4.84 Å². The van der Waals surface area contributed by atoms with Gasteiger partial charge in [-0.05, 0) is 0 Å². The minimum atomic E-state index is 0.139. The minimum Gasteiger partial charge on any atom is -0.384 e. The predicted molar refractivity (Wildman–Crippen MR) is 38.9 cm³/mol. The fraction of sp³-hybridized carbons (Fsp3) is 0.667. The lowest BCUT2D eigenvalue weighted by Crippen LogP contribution is -2.00. The number of nitrogens with zero attached hydrogens (tertiary/aromatic N) is 2. The maximum atomic E-state index is 4.84. The smallest absolute Gasteiger partial charge is 0.254 e. The van der Waals surface area contributed by atoms with Crippen LogP contribution in [0.25, 0.3) is 0 Å². The lowest BCUT2D eigenvalue weighted by molar-refractivity contribution is 0.0995. The van der Waals surface area contributed by atoms with Crippen molar-refractivity contribution in [1.29, 1.82) is 0 Å². The number of nitrogens with two attached hydrogens (primary N) is 1. The van der Waals surface area contributed by atoms with E-state index in [0.717, 1.165) is 0 Å². The molecule has 0 aliphatic rings. The second kappa shape index (κ2) is 4.81. The van der Waals surface area contributed by atoms with E-state index < -0.39 is 0 Å². The van der Waals surface area contributed by atoms with Crippen LogP contribution < -0.4 is 5.90 Å². The lowest BCUT2D eigenvalue weighted by Gasteiger charge is -1.90. The third kappa shape index (κ3) is 2.57. The first-order valence-electron chi connectivity index (χ1n) is 3.49. The zero-order chi connectivity index (χ0) is 8.81. The van der Waals surface area contributed by atoms with E-state index in [1.807, 2.05) is 0 Å². The number of methoxy groups -OCH3 is 1. The highest BCUT2D eigenvalue weighted by Crippen LogP contribution is 1.98. The van der Waals surface area contributed by atoms with Crippen LogP contribution >= 0.6 is 0 Å². The number of hydrogen-bond acceptors (Lipinski definition) is 6. The summed E-state index contributed by atoms with van der Waals surface area (Å²) in [6, 6.07) is 0. The average Bonchev–Trinajstić information content (AvgIpc) is 2.50. The highest BCUT2D eigenvalue weighted by Gasteiger charge is 2.04. The normalized spacial score (nSPS) is 10.5. The van der Waals surface area contributed by atoms with Crippen molar-refractivity contribution < 1.29 is 14.1 Å². The molecule has 2 N–H and O–H groups in total. The summed E-state index contributed by atoms with van der Waals surface area (Å²) in [5.74, 6) is 5.80. The second-order valence-corrected chi connectivity index (χ2v) is 2.16. The molecular weight excluding hydrogens is 162 g/mol. The first kappa shape index (κ1) is 9.11. The van der Waals surface area contributed by atoms with Gasteiger partial charge in [0.15, 0.2) is 5.82 Å². The zero-order valence-electron chi connectivity index (χ0n) is 6.82. The van der Waals surface area contributed by atoms with Gasteiger partial charge in [-0.25, -0.2) is 5.90 Å². The fourth-order valence-corrected chi connectivity index (χ4v) is 0.715. The van der Waals surface area contributed by atoms with Gasteiger partial charge in [0.1, 0.15) is 6.61 Å². The largest absolute Gasteiger partial charge is 0.384 e. The average molecular weight is 173 g/mol. The molecule has 0 bridgehead atoms. The Morgan fingerprint density at radius 1 is 1.58 bits per heavy atom.